The lowest BCUT2D eigenvalue weighted by molar-refractivity contribution is 0.304. The Morgan fingerprint density at radius 1 is 1.17 bits per heavy atom. The van der Waals surface area contributed by atoms with E-state index in [2.05, 4.69) is 15.9 Å². The van der Waals surface area contributed by atoms with Crippen molar-refractivity contribution in [3.63, 3.8) is 0 Å². The van der Waals surface area contributed by atoms with Crippen molar-refractivity contribution < 1.29 is 9.47 Å². The van der Waals surface area contributed by atoms with E-state index >= 15 is 0 Å². The Kier molecular flexibility index (Phi) is 4.10. The molecule has 2 rings (SSSR count). The molecule has 0 heterocycles. The molecule has 0 aliphatic heterocycles. The third-order valence-corrected chi connectivity index (χ3v) is 3.20. The fourth-order valence-electron chi connectivity index (χ4n) is 1.55. The lowest BCUT2D eigenvalue weighted by Gasteiger charge is -2.10. The van der Waals surface area contributed by atoms with Gasteiger partial charge in [0.1, 0.15) is 18.1 Å². The molecule has 2 aromatic carbocycles. The number of nitrogen functional groups attached to an aromatic ring is 1. The summed E-state index contributed by atoms with van der Waals surface area (Å²) in [5.41, 5.74) is 7.57. The molecule has 18 heavy (non-hydrogen) atoms. The van der Waals surface area contributed by atoms with Crippen molar-refractivity contribution in [2.24, 2.45) is 0 Å². The molecular formula is C14H14BrNO2. The van der Waals surface area contributed by atoms with Gasteiger partial charge in [0.05, 0.1) is 11.6 Å². The van der Waals surface area contributed by atoms with Gasteiger partial charge in [0.15, 0.2) is 0 Å². The number of benzene rings is 2. The molecule has 0 spiro atoms. The van der Waals surface area contributed by atoms with E-state index in [1.165, 1.54) is 0 Å². The molecule has 0 amide bonds. The summed E-state index contributed by atoms with van der Waals surface area (Å²) in [5.74, 6) is 1.55. The minimum absolute atomic E-state index is 0.442. The van der Waals surface area contributed by atoms with Gasteiger partial charge in [0.25, 0.3) is 0 Å². The predicted molar refractivity (Wildman–Crippen MR) is 75.9 cm³/mol. The quantitative estimate of drug-likeness (QED) is 0.877. The van der Waals surface area contributed by atoms with Gasteiger partial charge < -0.3 is 15.2 Å². The van der Waals surface area contributed by atoms with Crippen LogP contribution in [-0.4, -0.2) is 7.11 Å². The fraction of sp³-hybridized carbons (Fsp3) is 0.143. The number of nitrogens with two attached hydrogens (primary N) is 1. The predicted octanol–water partition coefficient (Wildman–Crippen LogP) is 3.62. The average molecular weight is 308 g/mol. The maximum absolute atomic E-state index is 5.86. The van der Waals surface area contributed by atoms with Crippen LogP contribution in [0, 0.1) is 0 Å². The highest BCUT2D eigenvalue weighted by molar-refractivity contribution is 9.10. The van der Waals surface area contributed by atoms with Crippen molar-refractivity contribution in [1.82, 2.24) is 0 Å². The molecule has 2 N–H and O–H groups in total. The summed E-state index contributed by atoms with van der Waals surface area (Å²) in [6, 6.07) is 13.2. The van der Waals surface area contributed by atoms with Crippen molar-refractivity contribution in [3.8, 4) is 11.5 Å². The van der Waals surface area contributed by atoms with Crippen molar-refractivity contribution in [2.45, 2.75) is 6.61 Å². The molecular weight excluding hydrogens is 294 g/mol. The van der Waals surface area contributed by atoms with Gasteiger partial charge >= 0.3 is 0 Å². The zero-order valence-corrected chi connectivity index (χ0v) is 11.6. The van der Waals surface area contributed by atoms with Gasteiger partial charge in [-0.25, -0.2) is 0 Å². The van der Waals surface area contributed by atoms with E-state index in [-0.39, 0.29) is 0 Å². The minimum Gasteiger partial charge on any atom is -0.497 e. The highest BCUT2D eigenvalue weighted by Crippen LogP contribution is 2.30. The molecule has 0 saturated heterocycles. The van der Waals surface area contributed by atoms with Crippen LogP contribution in [0.4, 0.5) is 5.69 Å². The second kappa shape index (κ2) is 5.78. The Bertz CT molecular complexity index is 543. The highest BCUT2D eigenvalue weighted by Gasteiger charge is 2.04. The standard InChI is InChI=1S/C14H14BrNO2/c1-17-11-6-7-14(12(15)8-11)18-9-10-4-2-3-5-13(10)16/h2-8H,9,16H2,1H3. The third kappa shape index (κ3) is 2.96. The Morgan fingerprint density at radius 2 is 1.94 bits per heavy atom. The molecule has 3 nitrogen and oxygen atoms in total. The topological polar surface area (TPSA) is 44.5 Å². The second-order valence-electron chi connectivity index (χ2n) is 3.78. The molecule has 94 valence electrons. The van der Waals surface area contributed by atoms with E-state index in [1.54, 1.807) is 7.11 Å². The fourth-order valence-corrected chi connectivity index (χ4v) is 2.02. The van der Waals surface area contributed by atoms with Crippen LogP contribution >= 0.6 is 15.9 Å². The van der Waals surface area contributed by atoms with E-state index in [0.717, 1.165) is 27.2 Å². The molecule has 0 aliphatic carbocycles. The number of hydrogen-bond donors (Lipinski definition) is 1. The Morgan fingerprint density at radius 3 is 2.61 bits per heavy atom. The number of para-hydroxylation sites is 1. The van der Waals surface area contributed by atoms with Gasteiger partial charge in [-0.05, 0) is 40.2 Å². The normalized spacial score (nSPS) is 10.1. The zero-order valence-electron chi connectivity index (χ0n) is 10.0. The summed E-state index contributed by atoms with van der Waals surface area (Å²) >= 11 is 3.44. The maximum Gasteiger partial charge on any atom is 0.134 e. The zero-order chi connectivity index (χ0) is 13.0. The van der Waals surface area contributed by atoms with Crippen LogP contribution in [0.3, 0.4) is 0 Å². The van der Waals surface area contributed by atoms with Gasteiger partial charge in [-0.15, -0.1) is 0 Å². The number of rotatable bonds is 4. The largest absolute Gasteiger partial charge is 0.497 e. The first-order chi connectivity index (χ1) is 8.70. The lowest BCUT2D eigenvalue weighted by atomic mass is 10.2. The van der Waals surface area contributed by atoms with E-state index in [0.29, 0.717) is 6.61 Å². The lowest BCUT2D eigenvalue weighted by Crippen LogP contribution is -2.00. The Labute approximate surface area is 115 Å². The van der Waals surface area contributed by atoms with Gasteiger partial charge in [0.2, 0.25) is 0 Å². The van der Waals surface area contributed by atoms with E-state index < -0.39 is 0 Å². The van der Waals surface area contributed by atoms with Crippen molar-refractivity contribution >= 4 is 21.6 Å². The number of hydrogen-bond acceptors (Lipinski definition) is 3. The molecule has 0 saturated carbocycles. The Hall–Kier alpha value is -1.68. The molecule has 2 aromatic rings. The number of anilines is 1. The molecule has 0 aliphatic rings. The van der Waals surface area contributed by atoms with Crippen molar-refractivity contribution in [1.29, 1.82) is 0 Å². The first kappa shape index (κ1) is 12.8. The van der Waals surface area contributed by atoms with Crippen LogP contribution in [0.2, 0.25) is 0 Å². The van der Waals surface area contributed by atoms with E-state index in [1.807, 2.05) is 42.5 Å². The van der Waals surface area contributed by atoms with Gasteiger partial charge in [-0.2, -0.15) is 0 Å². The monoisotopic (exact) mass is 307 g/mol. The minimum atomic E-state index is 0.442. The van der Waals surface area contributed by atoms with Crippen LogP contribution in [-0.2, 0) is 6.61 Å². The average Bonchev–Trinajstić information content (AvgIpc) is 2.39. The smallest absolute Gasteiger partial charge is 0.134 e. The summed E-state index contributed by atoms with van der Waals surface area (Å²) in [7, 11) is 1.63. The van der Waals surface area contributed by atoms with Gasteiger partial charge in [-0.1, -0.05) is 18.2 Å². The number of ether oxygens (including phenoxy) is 2. The van der Waals surface area contributed by atoms with Gasteiger partial charge in [-0.3, -0.25) is 0 Å². The van der Waals surface area contributed by atoms with E-state index in [4.69, 9.17) is 15.2 Å². The molecule has 0 radical (unpaired) electrons. The molecule has 0 atom stereocenters. The summed E-state index contributed by atoms with van der Waals surface area (Å²) in [4.78, 5) is 0. The second-order valence-corrected chi connectivity index (χ2v) is 4.64. The third-order valence-electron chi connectivity index (χ3n) is 2.58. The van der Waals surface area contributed by atoms with Crippen LogP contribution in [0.15, 0.2) is 46.9 Å². The molecule has 4 heteroatoms. The summed E-state index contributed by atoms with van der Waals surface area (Å²) < 4.78 is 11.7. The van der Waals surface area contributed by atoms with Crippen molar-refractivity contribution in [3.05, 3.63) is 52.5 Å². The SMILES string of the molecule is COc1ccc(OCc2ccccc2N)c(Br)c1. The van der Waals surface area contributed by atoms with Crippen molar-refractivity contribution in [2.75, 3.05) is 12.8 Å². The summed E-state index contributed by atoms with van der Waals surface area (Å²) in [6.07, 6.45) is 0. The molecule has 0 bridgehead atoms. The van der Waals surface area contributed by atoms with Crippen LogP contribution < -0.4 is 15.2 Å². The van der Waals surface area contributed by atoms with Crippen LogP contribution in [0.25, 0.3) is 0 Å². The number of methoxy groups -OCH3 is 1. The van der Waals surface area contributed by atoms with E-state index in [9.17, 15) is 0 Å². The van der Waals surface area contributed by atoms with Crippen LogP contribution in [0.5, 0.6) is 11.5 Å². The molecule has 0 unspecified atom stereocenters. The first-order valence-corrected chi connectivity index (χ1v) is 6.29. The van der Waals surface area contributed by atoms with Gasteiger partial charge in [0, 0.05) is 11.3 Å². The molecule has 0 aromatic heterocycles. The highest BCUT2D eigenvalue weighted by atomic mass is 79.9. The summed E-state index contributed by atoms with van der Waals surface area (Å²) in [5, 5.41) is 0. The maximum atomic E-state index is 5.86. The molecule has 0 fully saturated rings. The van der Waals surface area contributed by atoms with Crippen LogP contribution in [0.1, 0.15) is 5.56 Å². The number of halogens is 1. The first-order valence-electron chi connectivity index (χ1n) is 5.50. The Balaban J connectivity index is 2.09. The summed E-state index contributed by atoms with van der Waals surface area (Å²) in [6.45, 7) is 0.442.